The van der Waals surface area contributed by atoms with Crippen molar-refractivity contribution in [2.24, 2.45) is 5.92 Å². The molecule has 0 aliphatic carbocycles. The lowest BCUT2D eigenvalue weighted by Gasteiger charge is -2.42. The second-order valence-electron chi connectivity index (χ2n) is 7.09. The summed E-state index contributed by atoms with van der Waals surface area (Å²) in [7, 11) is 0. The van der Waals surface area contributed by atoms with Gasteiger partial charge in [0.15, 0.2) is 0 Å². The van der Waals surface area contributed by atoms with E-state index in [4.69, 9.17) is 14.9 Å². The van der Waals surface area contributed by atoms with Crippen molar-refractivity contribution in [1.82, 2.24) is 10.6 Å². The Balaban J connectivity index is 2.77. The Hall–Kier alpha value is -1.83. The Kier molecular flexibility index (Phi) is 8.73. The maximum atomic E-state index is 12.5. The van der Waals surface area contributed by atoms with Gasteiger partial charge in [0.25, 0.3) is 0 Å². The molecule has 0 aromatic heterocycles. The van der Waals surface area contributed by atoms with Gasteiger partial charge in [-0.2, -0.15) is 0 Å². The van der Waals surface area contributed by atoms with Crippen molar-refractivity contribution < 1.29 is 49.8 Å². The fraction of sp³-hybridized carbons (Fsp3) is 0.812. The Morgan fingerprint density at radius 3 is 2.29 bits per heavy atom. The smallest absolute Gasteiger partial charge is 0.326 e. The van der Waals surface area contributed by atoms with E-state index >= 15 is 0 Å². The number of carbonyl (C=O) groups is 3. The molecule has 1 rings (SSSR count). The summed E-state index contributed by atoms with van der Waals surface area (Å²) in [6.07, 6.45) is -5.64. The van der Waals surface area contributed by atoms with Crippen LogP contribution < -0.4 is 10.6 Å². The van der Waals surface area contributed by atoms with Crippen molar-refractivity contribution in [2.75, 3.05) is 13.2 Å². The quantitative estimate of drug-likeness (QED) is 0.181. The van der Waals surface area contributed by atoms with Crippen molar-refractivity contribution >= 4 is 17.8 Å². The van der Waals surface area contributed by atoms with Crippen molar-refractivity contribution in [3.63, 3.8) is 0 Å². The average molecular weight is 408 g/mol. The zero-order valence-corrected chi connectivity index (χ0v) is 15.6. The van der Waals surface area contributed by atoms with Crippen LogP contribution in [0.3, 0.4) is 0 Å². The topological polar surface area (TPSA) is 206 Å². The Morgan fingerprint density at radius 1 is 1.18 bits per heavy atom. The number of rotatable bonds is 10. The van der Waals surface area contributed by atoms with E-state index in [1.807, 2.05) is 0 Å². The first-order chi connectivity index (χ1) is 12.9. The number of hydrogen-bond acceptors (Lipinski definition) is 9. The van der Waals surface area contributed by atoms with Crippen LogP contribution >= 0.6 is 0 Å². The van der Waals surface area contributed by atoms with Gasteiger partial charge in [-0.15, -0.1) is 0 Å². The first-order valence-corrected chi connectivity index (χ1v) is 8.78. The van der Waals surface area contributed by atoms with Crippen molar-refractivity contribution in [3.8, 4) is 0 Å². The number of carboxylic acid groups (broad SMARTS) is 2. The van der Waals surface area contributed by atoms with Crippen molar-refractivity contribution in [3.05, 3.63) is 0 Å². The van der Waals surface area contributed by atoms with Crippen LogP contribution in [0.1, 0.15) is 26.7 Å². The van der Waals surface area contributed by atoms with Gasteiger partial charge in [-0.05, 0) is 12.3 Å². The summed E-state index contributed by atoms with van der Waals surface area (Å²) in [5.41, 5.74) is 0. The van der Waals surface area contributed by atoms with Crippen molar-refractivity contribution in [2.45, 2.75) is 62.9 Å². The van der Waals surface area contributed by atoms with Gasteiger partial charge in [0.2, 0.25) is 11.7 Å². The third-order valence-electron chi connectivity index (χ3n) is 4.47. The maximum Gasteiger partial charge on any atom is 0.326 e. The zero-order chi connectivity index (χ0) is 21.6. The van der Waals surface area contributed by atoms with Crippen molar-refractivity contribution in [1.29, 1.82) is 0 Å². The second kappa shape index (κ2) is 10.1. The standard InChI is InChI=1S/C16H28N2O10/c1-7(2)11(14(24)18-8(15(25)26)3-4-10(20)21)17-6-16(27)13(23)12(22)9(19)5-28-16/h7-9,11-13,17,19,22-23,27H,3-6H2,1-2H3,(H,18,24)(H,20,21)(H,25,26)/t8-,9+,11-,12+,13-,16+/m0/s1. The van der Waals surface area contributed by atoms with Gasteiger partial charge >= 0.3 is 11.9 Å². The zero-order valence-electron chi connectivity index (χ0n) is 15.6. The van der Waals surface area contributed by atoms with Crippen LogP contribution in [0.25, 0.3) is 0 Å². The van der Waals surface area contributed by atoms with Crippen LogP contribution in [0.4, 0.5) is 0 Å². The number of amides is 1. The van der Waals surface area contributed by atoms with Crippen LogP contribution in [0.2, 0.25) is 0 Å². The summed E-state index contributed by atoms with van der Waals surface area (Å²) in [6.45, 7) is 2.35. The average Bonchev–Trinajstić information content (AvgIpc) is 2.60. The number of hydrogen-bond donors (Lipinski definition) is 8. The molecule has 0 aromatic rings. The minimum Gasteiger partial charge on any atom is -0.481 e. The van der Waals surface area contributed by atoms with Crippen LogP contribution in [0.5, 0.6) is 0 Å². The Bertz CT molecular complexity index is 572. The largest absolute Gasteiger partial charge is 0.481 e. The molecule has 0 saturated carbocycles. The lowest BCUT2D eigenvalue weighted by Crippen LogP contribution is -2.66. The third-order valence-corrected chi connectivity index (χ3v) is 4.47. The van der Waals surface area contributed by atoms with E-state index in [0.717, 1.165) is 0 Å². The molecule has 1 fully saturated rings. The van der Waals surface area contributed by atoms with E-state index in [9.17, 15) is 34.8 Å². The fourth-order valence-electron chi connectivity index (χ4n) is 2.72. The second-order valence-corrected chi connectivity index (χ2v) is 7.09. The van der Waals surface area contributed by atoms with E-state index < -0.39 is 73.6 Å². The molecule has 6 atom stereocenters. The lowest BCUT2D eigenvalue weighted by atomic mass is 9.95. The summed E-state index contributed by atoms with van der Waals surface area (Å²) < 4.78 is 5.00. The van der Waals surface area contributed by atoms with Crippen LogP contribution in [0.15, 0.2) is 0 Å². The Morgan fingerprint density at radius 2 is 1.79 bits per heavy atom. The Labute approximate surface area is 161 Å². The first-order valence-electron chi connectivity index (χ1n) is 8.78. The normalized spacial score (nSPS) is 29.9. The van der Waals surface area contributed by atoms with Gasteiger partial charge in [-0.25, -0.2) is 4.79 Å². The molecule has 1 heterocycles. The lowest BCUT2D eigenvalue weighted by molar-refractivity contribution is -0.318. The summed E-state index contributed by atoms with van der Waals surface area (Å²) in [5.74, 6) is -6.00. The van der Waals surface area contributed by atoms with Crippen LogP contribution in [-0.4, -0.2) is 97.8 Å². The number of carboxylic acids is 2. The number of aliphatic hydroxyl groups excluding tert-OH is 3. The number of carbonyl (C=O) groups excluding carboxylic acids is 1. The third kappa shape index (κ3) is 6.36. The molecular weight excluding hydrogens is 380 g/mol. The highest BCUT2D eigenvalue weighted by molar-refractivity contribution is 5.87. The SMILES string of the molecule is CC(C)[C@H](NC[C@@]1(O)OC[C@@H](O)[C@@H](O)[C@@H]1O)C(=O)N[C@@H](CCC(=O)O)C(=O)O. The molecule has 0 radical (unpaired) electrons. The molecule has 0 unspecified atom stereocenters. The highest BCUT2D eigenvalue weighted by atomic mass is 16.6. The molecule has 8 N–H and O–H groups in total. The first kappa shape index (κ1) is 24.2. The van der Waals surface area contributed by atoms with E-state index in [1.54, 1.807) is 13.8 Å². The molecule has 1 aliphatic heterocycles. The van der Waals surface area contributed by atoms with E-state index in [2.05, 4.69) is 10.6 Å². The molecule has 1 saturated heterocycles. The van der Waals surface area contributed by atoms with Gasteiger partial charge in [0.1, 0.15) is 24.4 Å². The molecule has 0 bridgehead atoms. The van der Waals surface area contributed by atoms with E-state index in [-0.39, 0.29) is 12.3 Å². The molecule has 28 heavy (non-hydrogen) atoms. The van der Waals surface area contributed by atoms with Gasteiger partial charge in [0.05, 0.1) is 19.2 Å². The molecule has 1 aliphatic rings. The molecule has 0 spiro atoms. The minimum atomic E-state index is -2.28. The fourth-order valence-corrected chi connectivity index (χ4v) is 2.72. The molecule has 162 valence electrons. The van der Waals surface area contributed by atoms with Crippen LogP contribution in [0, 0.1) is 5.92 Å². The summed E-state index contributed by atoms with van der Waals surface area (Å²) in [5, 5.41) is 62.2. The van der Waals surface area contributed by atoms with Gasteiger partial charge in [0, 0.05) is 6.42 Å². The summed E-state index contributed by atoms with van der Waals surface area (Å²) in [4.78, 5) is 34.3. The number of aliphatic carboxylic acids is 2. The predicted molar refractivity (Wildman–Crippen MR) is 92.0 cm³/mol. The van der Waals surface area contributed by atoms with E-state index in [0.29, 0.717) is 0 Å². The molecule has 12 nitrogen and oxygen atoms in total. The highest BCUT2D eigenvalue weighted by Crippen LogP contribution is 2.23. The minimum absolute atomic E-state index is 0.308. The molecule has 1 amide bonds. The monoisotopic (exact) mass is 408 g/mol. The maximum absolute atomic E-state index is 12.5. The molecular formula is C16H28N2O10. The predicted octanol–water partition coefficient (Wildman–Crippen LogP) is -3.16. The number of ether oxygens (including phenoxy) is 1. The summed E-state index contributed by atoms with van der Waals surface area (Å²) in [6, 6.07) is -2.43. The van der Waals surface area contributed by atoms with E-state index in [1.165, 1.54) is 0 Å². The number of nitrogens with one attached hydrogen (secondary N) is 2. The molecule has 12 heteroatoms. The summed E-state index contributed by atoms with van der Waals surface area (Å²) >= 11 is 0. The highest BCUT2D eigenvalue weighted by Gasteiger charge is 2.48. The molecule has 0 aromatic carbocycles. The van der Waals surface area contributed by atoms with Gasteiger partial charge in [-0.3, -0.25) is 9.59 Å². The van der Waals surface area contributed by atoms with Gasteiger partial charge < -0.3 is 46.0 Å². The van der Waals surface area contributed by atoms with Gasteiger partial charge in [-0.1, -0.05) is 13.8 Å². The van der Waals surface area contributed by atoms with Crippen LogP contribution in [-0.2, 0) is 19.1 Å². The number of aliphatic hydroxyl groups is 4.